The minimum absolute atomic E-state index is 0.852. The van der Waals surface area contributed by atoms with E-state index in [0.29, 0.717) is 0 Å². The molecule has 0 radical (unpaired) electrons. The van der Waals surface area contributed by atoms with E-state index in [9.17, 15) is 0 Å². The van der Waals surface area contributed by atoms with Crippen molar-refractivity contribution in [3.05, 3.63) is 0 Å². The predicted molar refractivity (Wildman–Crippen MR) is 88.3 cm³/mol. The summed E-state index contributed by atoms with van der Waals surface area (Å²) in [7, 11) is 0. The van der Waals surface area contributed by atoms with Gasteiger partial charge in [0.15, 0.2) is 0 Å². The second kappa shape index (κ2) is 15.6. The first-order chi connectivity index (χ1) is 9.35. The summed E-state index contributed by atoms with van der Waals surface area (Å²) < 4.78 is 0. The van der Waals surface area contributed by atoms with Crippen LogP contribution in [-0.4, -0.2) is 0 Å². The molecule has 0 saturated heterocycles. The lowest BCUT2D eigenvalue weighted by Crippen LogP contribution is -1.97. The Morgan fingerprint density at radius 3 is 1.95 bits per heavy atom. The minimum atomic E-state index is 0.852. The first-order valence-corrected chi connectivity index (χ1v) is 8.80. The zero-order chi connectivity index (χ0) is 14.2. The van der Waals surface area contributed by atoms with Crippen molar-refractivity contribution in [2.24, 2.45) is 5.92 Å². The Hall–Kier alpha value is -0.440. The maximum Gasteiger partial charge on any atom is 0.0117 e. The summed E-state index contributed by atoms with van der Waals surface area (Å²) in [5.41, 5.74) is 0. The molecule has 0 rings (SSSR count). The zero-order valence-corrected chi connectivity index (χ0v) is 13.8. The maximum absolute atomic E-state index is 3.42. The highest BCUT2D eigenvalue weighted by Gasteiger charge is 2.03. The van der Waals surface area contributed by atoms with Gasteiger partial charge in [-0.1, -0.05) is 78.6 Å². The molecular weight excluding hydrogens is 228 g/mol. The van der Waals surface area contributed by atoms with Crippen molar-refractivity contribution >= 4 is 0 Å². The van der Waals surface area contributed by atoms with Gasteiger partial charge in [0.2, 0.25) is 0 Å². The van der Waals surface area contributed by atoms with Crippen molar-refractivity contribution < 1.29 is 0 Å². The number of hydrogen-bond acceptors (Lipinski definition) is 0. The molecule has 0 fully saturated rings. The first kappa shape index (κ1) is 18.6. The van der Waals surface area contributed by atoms with Gasteiger partial charge in [-0.05, 0) is 18.8 Å². The Kier molecular flexibility index (Phi) is 15.3. The number of rotatable bonds is 12. The molecule has 0 saturated carbocycles. The normalized spacial score (nSPS) is 11.9. The molecule has 0 aromatic rings. The molecule has 1 unspecified atom stereocenters. The largest absolute Gasteiger partial charge is 0.103 e. The van der Waals surface area contributed by atoms with Crippen LogP contribution in [0.4, 0.5) is 0 Å². The van der Waals surface area contributed by atoms with E-state index in [1.54, 1.807) is 0 Å². The summed E-state index contributed by atoms with van der Waals surface area (Å²) in [5.74, 6) is 7.64. The van der Waals surface area contributed by atoms with Crippen LogP contribution in [0, 0.1) is 17.8 Å². The molecule has 1 atom stereocenters. The van der Waals surface area contributed by atoms with Crippen molar-refractivity contribution in [1.82, 2.24) is 0 Å². The minimum Gasteiger partial charge on any atom is -0.103 e. The zero-order valence-electron chi connectivity index (χ0n) is 13.8. The molecule has 0 aliphatic heterocycles. The van der Waals surface area contributed by atoms with E-state index in [1.165, 1.54) is 70.6 Å². The van der Waals surface area contributed by atoms with Crippen molar-refractivity contribution in [1.29, 1.82) is 0 Å². The molecular formula is C19H36. The lowest BCUT2D eigenvalue weighted by atomic mass is 9.95. The number of unbranched alkanes of at least 4 members (excludes halogenated alkanes) is 8. The second-order valence-corrected chi connectivity index (χ2v) is 5.85. The average molecular weight is 264 g/mol. The predicted octanol–water partition coefficient (Wildman–Crippen LogP) is 6.74. The van der Waals surface area contributed by atoms with Crippen LogP contribution >= 0.6 is 0 Å². The highest BCUT2D eigenvalue weighted by atomic mass is 14.1. The molecule has 0 heteroatoms. The van der Waals surface area contributed by atoms with Crippen molar-refractivity contribution in [2.45, 2.75) is 104 Å². The summed E-state index contributed by atoms with van der Waals surface area (Å²) in [5, 5.41) is 0. The summed E-state index contributed by atoms with van der Waals surface area (Å²) in [6.07, 6.45) is 17.3. The summed E-state index contributed by atoms with van der Waals surface area (Å²) in [6, 6.07) is 0. The van der Waals surface area contributed by atoms with Gasteiger partial charge in [-0.15, -0.1) is 11.8 Å². The lowest BCUT2D eigenvalue weighted by Gasteiger charge is -2.10. The van der Waals surface area contributed by atoms with Crippen LogP contribution in [0.1, 0.15) is 104 Å². The first-order valence-electron chi connectivity index (χ1n) is 8.80. The Bertz CT molecular complexity index is 218. The molecule has 0 nitrogen and oxygen atoms in total. The van der Waals surface area contributed by atoms with Gasteiger partial charge in [0.25, 0.3) is 0 Å². The standard InChI is InChI=1S/C19H36/c1-4-7-9-11-12-14-16-18-19(6-3)17-15-13-10-8-5-2/h19H,4-13,15,17-18H2,1-3H3. The van der Waals surface area contributed by atoms with Crippen LogP contribution < -0.4 is 0 Å². The lowest BCUT2D eigenvalue weighted by molar-refractivity contribution is 0.448. The Balaban J connectivity index is 3.50. The van der Waals surface area contributed by atoms with Crippen LogP contribution in [0.25, 0.3) is 0 Å². The van der Waals surface area contributed by atoms with E-state index in [-0.39, 0.29) is 0 Å². The molecule has 0 spiro atoms. The van der Waals surface area contributed by atoms with Crippen molar-refractivity contribution in [3.63, 3.8) is 0 Å². The van der Waals surface area contributed by atoms with Gasteiger partial charge < -0.3 is 0 Å². The topological polar surface area (TPSA) is 0 Å². The Morgan fingerprint density at radius 2 is 1.32 bits per heavy atom. The van der Waals surface area contributed by atoms with Crippen molar-refractivity contribution in [3.8, 4) is 11.8 Å². The smallest absolute Gasteiger partial charge is 0.0117 e. The summed E-state index contributed by atoms with van der Waals surface area (Å²) in [4.78, 5) is 0. The molecule has 0 aliphatic carbocycles. The van der Waals surface area contributed by atoms with Gasteiger partial charge in [-0.25, -0.2) is 0 Å². The van der Waals surface area contributed by atoms with E-state index in [0.717, 1.165) is 18.8 Å². The monoisotopic (exact) mass is 264 g/mol. The second-order valence-electron chi connectivity index (χ2n) is 5.85. The molecule has 112 valence electrons. The fraction of sp³-hybridized carbons (Fsp3) is 0.895. The van der Waals surface area contributed by atoms with Crippen molar-refractivity contribution in [2.75, 3.05) is 0 Å². The van der Waals surface area contributed by atoms with Crippen LogP contribution in [0.3, 0.4) is 0 Å². The molecule has 0 bridgehead atoms. The fourth-order valence-corrected chi connectivity index (χ4v) is 2.43. The maximum atomic E-state index is 3.42. The van der Waals surface area contributed by atoms with Gasteiger partial charge in [0, 0.05) is 12.8 Å². The Morgan fingerprint density at radius 1 is 0.684 bits per heavy atom. The van der Waals surface area contributed by atoms with Crippen LogP contribution in [0.15, 0.2) is 0 Å². The van der Waals surface area contributed by atoms with Gasteiger partial charge >= 0.3 is 0 Å². The van der Waals surface area contributed by atoms with E-state index in [2.05, 4.69) is 32.6 Å². The van der Waals surface area contributed by atoms with Crippen LogP contribution in [0.2, 0.25) is 0 Å². The van der Waals surface area contributed by atoms with Gasteiger partial charge in [-0.2, -0.15) is 0 Å². The van der Waals surface area contributed by atoms with E-state index < -0.39 is 0 Å². The molecule has 0 aliphatic rings. The van der Waals surface area contributed by atoms with E-state index in [4.69, 9.17) is 0 Å². The van der Waals surface area contributed by atoms with Crippen LogP contribution in [0.5, 0.6) is 0 Å². The molecule has 0 aromatic carbocycles. The molecule has 0 aromatic heterocycles. The number of hydrogen-bond donors (Lipinski definition) is 0. The average Bonchev–Trinajstić information content (AvgIpc) is 2.44. The third-order valence-corrected chi connectivity index (χ3v) is 3.96. The third-order valence-electron chi connectivity index (χ3n) is 3.96. The quantitative estimate of drug-likeness (QED) is 0.270. The summed E-state index contributed by atoms with van der Waals surface area (Å²) >= 11 is 0. The molecule has 0 heterocycles. The SMILES string of the molecule is CCCCCCC#CCC(CC)CCCCCCC. The van der Waals surface area contributed by atoms with Gasteiger partial charge in [0.1, 0.15) is 0 Å². The Labute approximate surface area is 122 Å². The van der Waals surface area contributed by atoms with Gasteiger partial charge in [0.05, 0.1) is 0 Å². The van der Waals surface area contributed by atoms with Gasteiger partial charge in [-0.3, -0.25) is 0 Å². The fourth-order valence-electron chi connectivity index (χ4n) is 2.43. The summed E-state index contributed by atoms with van der Waals surface area (Å²) in [6.45, 7) is 6.86. The molecule has 0 N–H and O–H groups in total. The van der Waals surface area contributed by atoms with E-state index >= 15 is 0 Å². The van der Waals surface area contributed by atoms with E-state index in [1.807, 2.05) is 0 Å². The highest BCUT2D eigenvalue weighted by Crippen LogP contribution is 2.17. The van der Waals surface area contributed by atoms with Crippen LogP contribution in [-0.2, 0) is 0 Å². The molecule has 19 heavy (non-hydrogen) atoms. The molecule has 0 amide bonds. The third kappa shape index (κ3) is 13.8. The highest BCUT2D eigenvalue weighted by molar-refractivity contribution is 4.99.